The second-order valence-electron chi connectivity index (χ2n) is 6.49. The third-order valence-electron chi connectivity index (χ3n) is 4.60. The highest BCUT2D eigenvalue weighted by Gasteiger charge is 2.16. The lowest BCUT2D eigenvalue weighted by atomic mass is 10.1. The molecule has 10 nitrogen and oxygen atoms in total. The molecule has 13 heteroatoms. The molecule has 0 aromatic carbocycles. The van der Waals surface area contributed by atoms with Crippen LogP contribution in [0.1, 0.15) is 32.4 Å². The number of hydrogen-bond donors (Lipinski definition) is 2. The topological polar surface area (TPSA) is 152 Å². The van der Waals surface area contributed by atoms with Gasteiger partial charge in [0.1, 0.15) is 14.3 Å². The largest absolute Gasteiger partial charge is 0.403 e. The van der Waals surface area contributed by atoms with Crippen molar-refractivity contribution in [1.82, 2.24) is 19.9 Å². The molecule has 0 unspecified atom stereocenters. The van der Waals surface area contributed by atoms with E-state index in [-0.39, 0.29) is 30.0 Å². The Kier molecular flexibility index (Phi) is 9.70. The van der Waals surface area contributed by atoms with Gasteiger partial charge in [-0.05, 0) is 59.1 Å². The first-order valence-electron chi connectivity index (χ1n) is 9.64. The maximum Gasteiger partial charge on any atom is 0.351 e. The number of nitrogens with one attached hydrogen (secondary N) is 2. The van der Waals surface area contributed by atoms with Crippen molar-refractivity contribution >= 4 is 68.3 Å². The number of nitrogens with zero attached hydrogens (tertiary/aromatic N) is 2. The van der Waals surface area contributed by atoms with Crippen LogP contribution in [0.3, 0.4) is 0 Å². The lowest BCUT2D eigenvalue weighted by Gasteiger charge is -2.04. The quantitative estimate of drug-likeness (QED) is 0.197. The van der Waals surface area contributed by atoms with Gasteiger partial charge in [-0.25, -0.2) is 9.59 Å². The Hall–Kier alpha value is -2.39. The SMILES string of the molecule is C.CCc1c(I)c(=O)oc2nc(SC)[nH]c(=O)c12.CCc1cc(=O)oc2nc(SC)[nH]c(=O)c12. The molecule has 0 amide bonds. The Labute approximate surface area is 215 Å². The van der Waals surface area contributed by atoms with Gasteiger partial charge in [-0.15, -0.1) is 0 Å². The summed E-state index contributed by atoms with van der Waals surface area (Å²) < 4.78 is 10.4. The van der Waals surface area contributed by atoms with E-state index in [1.165, 1.54) is 29.6 Å². The predicted octanol–water partition coefficient (Wildman–Crippen LogP) is 3.56. The summed E-state index contributed by atoms with van der Waals surface area (Å²) in [7, 11) is 0. The Morgan fingerprint density at radius 3 is 1.91 bits per heavy atom. The molecule has 0 saturated heterocycles. The average Bonchev–Trinajstić information content (AvgIpc) is 2.79. The maximum atomic E-state index is 11.9. The molecule has 4 rings (SSSR count). The summed E-state index contributed by atoms with van der Waals surface area (Å²) in [4.78, 5) is 60.0. The predicted molar refractivity (Wildman–Crippen MR) is 144 cm³/mol. The van der Waals surface area contributed by atoms with E-state index in [0.717, 1.165) is 0 Å². The first kappa shape index (κ1) is 27.9. The normalized spacial score (nSPS) is 10.6. The monoisotopic (exact) mass is 618 g/mol. The van der Waals surface area contributed by atoms with Crippen LogP contribution in [0.2, 0.25) is 0 Å². The first-order valence-corrected chi connectivity index (χ1v) is 13.2. The van der Waals surface area contributed by atoms with Gasteiger partial charge in [0.2, 0.25) is 11.4 Å². The van der Waals surface area contributed by atoms with Crippen LogP contribution in [0.25, 0.3) is 22.2 Å². The minimum atomic E-state index is -0.477. The Morgan fingerprint density at radius 2 is 1.41 bits per heavy atom. The number of H-pyrrole nitrogens is 2. The summed E-state index contributed by atoms with van der Waals surface area (Å²) in [5.41, 5.74) is 0.117. The van der Waals surface area contributed by atoms with Crippen LogP contribution in [0.15, 0.2) is 44.4 Å². The summed E-state index contributed by atoms with van der Waals surface area (Å²) >= 11 is 4.47. The van der Waals surface area contributed by atoms with Crippen molar-refractivity contribution in [2.75, 3.05) is 12.5 Å². The molecular weight excluding hydrogens is 595 g/mol. The van der Waals surface area contributed by atoms with E-state index in [9.17, 15) is 19.2 Å². The van der Waals surface area contributed by atoms with Crippen LogP contribution in [0.5, 0.6) is 0 Å². The van der Waals surface area contributed by atoms with Crippen LogP contribution in [-0.2, 0) is 12.8 Å². The highest BCUT2D eigenvalue weighted by molar-refractivity contribution is 14.1. The molecule has 182 valence electrons. The number of hydrogen-bond acceptors (Lipinski definition) is 10. The number of rotatable bonds is 4. The Morgan fingerprint density at radius 1 is 0.882 bits per heavy atom. The molecule has 0 aliphatic heterocycles. The van der Waals surface area contributed by atoms with Gasteiger partial charge in [0.25, 0.3) is 11.1 Å². The van der Waals surface area contributed by atoms with E-state index in [0.29, 0.717) is 48.6 Å². The number of halogens is 1. The van der Waals surface area contributed by atoms with Crippen molar-refractivity contribution in [3.05, 3.63) is 62.3 Å². The van der Waals surface area contributed by atoms with E-state index >= 15 is 0 Å². The lowest BCUT2D eigenvalue weighted by molar-refractivity contribution is 0.536. The van der Waals surface area contributed by atoms with Gasteiger partial charge in [-0.2, -0.15) is 9.97 Å². The Balaban J connectivity index is 0.000000234. The second-order valence-corrected chi connectivity index (χ2v) is 9.16. The van der Waals surface area contributed by atoms with Crippen LogP contribution in [0.4, 0.5) is 0 Å². The van der Waals surface area contributed by atoms with Crippen molar-refractivity contribution in [3.63, 3.8) is 0 Å². The molecule has 4 aromatic rings. The summed E-state index contributed by atoms with van der Waals surface area (Å²) in [5, 5.41) is 1.61. The van der Waals surface area contributed by atoms with E-state index < -0.39 is 11.3 Å². The molecule has 0 fully saturated rings. The van der Waals surface area contributed by atoms with Crippen LogP contribution >= 0.6 is 46.1 Å². The second kappa shape index (κ2) is 11.8. The molecule has 0 radical (unpaired) electrons. The Bertz CT molecular complexity index is 1570. The van der Waals surface area contributed by atoms with E-state index in [4.69, 9.17) is 8.83 Å². The first-order chi connectivity index (χ1) is 15.7. The van der Waals surface area contributed by atoms with E-state index in [2.05, 4.69) is 19.9 Å². The van der Waals surface area contributed by atoms with Crippen molar-refractivity contribution in [2.45, 2.75) is 44.4 Å². The average molecular weight is 618 g/mol. The van der Waals surface area contributed by atoms with Gasteiger partial charge in [0.15, 0.2) is 10.3 Å². The molecule has 34 heavy (non-hydrogen) atoms. The molecule has 0 saturated carbocycles. The molecule has 0 atom stereocenters. The third-order valence-corrected chi connectivity index (χ3v) is 6.85. The molecule has 2 N–H and O–H groups in total. The fourth-order valence-electron chi connectivity index (χ4n) is 3.07. The number of aromatic amines is 2. The fourth-order valence-corrected chi connectivity index (χ4v) is 4.57. The minimum Gasteiger partial charge on any atom is -0.403 e. The zero-order chi connectivity index (χ0) is 24.3. The van der Waals surface area contributed by atoms with Gasteiger partial charge >= 0.3 is 11.3 Å². The highest BCUT2D eigenvalue weighted by Crippen LogP contribution is 2.19. The highest BCUT2D eigenvalue weighted by atomic mass is 127. The van der Waals surface area contributed by atoms with Crippen LogP contribution in [0, 0.1) is 3.57 Å². The molecule has 0 aliphatic carbocycles. The van der Waals surface area contributed by atoms with Crippen molar-refractivity contribution in [1.29, 1.82) is 0 Å². The molecule has 0 aliphatic rings. The smallest absolute Gasteiger partial charge is 0.351 e. The number of aryl methyl sites for hydroxylation is 2. The maximum absolute atomic E-state index is 11.9. The number of aromatic nitrogens is 4. The minimum absolute atomic E-state index is 0. The fraction of sp³-hybridized carbons (Fsp3) is 0.333. The van der Waals surface area contributed by atoms with Gasteiger partial charge in [-0.1, -0.05) is 44.8 Å². The molecule has 0 bridgehead atoms. The van der Waals surface area contributed by atoms with Crippen molar-refractivity contribution in [3.8, 4) is 0 Å². The third kappa shape index (κ3) is 5.63. The van der Waals surface area contributed by atoms with Crippen LogP contribution < -0.4 is 22.4 Å². The zero-order valence-corrected chi connectivity index (χ0v) is 21.8. The van der Waals surface area contributed by atoms with Gasteiger partial charge in [0.05, 0.1) is 0 Å². The lowest BCUT2D eigenvalue weighted by Crippen LogP contribution is -2.17. The number of fused-ring (bicyclic) bond motifs is 2. The summed E-state index contributed by atoms with van der Waals surface area (Å²) in [6, 6.07) is 1.33. The summed E-state index contributed by atoms with van der Waals surface area (Å²) in [5.74, 6) is 0. The molecule has 4 aromatic heterocycles. The standard InChI is InChI=1S/C10H9IN2O3S.C10H10N2O3S.CH4/c1-3-4-5-7(14)12-10(17-2)13-8(5)16-9(15)6(4)11;1-3-5-4-6(13)15-9-7(5)8(14)11-10(12-9)16-2;/h3H2,1-2H3,(H,12,13,14);4H,3H2,1-2H3,(H,11,12,14);1H4. The summed E-state index contributed by atoms with van der Waals surface area (Å²) in [6.45, 7) is 3.76. The van der Waals surface area contributed by atoms with Crippen LogP contribution in [-0.4, -0.2) is 32.4 Å². The van der Waals surface area contributed by atoms with Crippen molar-refractivity contribution < 1.29 is 8.83 Å². The van der Waals surface area contributed by atoms with Crippen molar-refractivity contribution in [2.24, 2.45) is 0 Å². The van der Waals surface area contributed by atoms with Gasteiger partial charge in [-0.3, -0.25) is 9.59 Å². The van der Waals surface area contributed by atoms with Gasteiger partial charge < -0.3 is 18.8 Å². The summed E-state index contributed by atoms with van der Waals surface area (Å²) in [6.07, 6.45) is 4.75. The zero-order valence-electron chi connectivity index (χ0n) is 18.0. The molecular formula is C21H23IN4O6S2. The molecule has 4 heterocycles. The van der Waals surface area contributed by atoms with Gasteiger partial charge in [0, 0.05) is 6.07 Å². The number of thioether (sulfide) groups is 2. The van der Waals surface area contributed by atoms with E-state index in [1.54, 1.807) is 12.5 Å². The van der Waals surface area contributed by atoms with E-state index in [1.807, 2.05) is 36.4 Å². The molecule has 0 spiro atoms.